The summed E-state index contributed by atoms with van der Waals surface area (Å²) in [5.41, 5.74) is 0. The smallest absolute Gasteiger partial charge is 0.251 e. The third-order valence-corrected chi connectivity index (χ3v) is 2.37. The summed E-state index contributed by atoms with van der Waals surface area (Å²) in [5, 5.41) is 3.52. The Morgan fingerprint density at radius 1 is 1.77 bits per heavy atom. The second-order valence-corrected chi connectivity index (χ2v) is 3.80. The summed E-state index contributed by atoms with van der Waals surface area (Å²) in [6.07, 6.45) is 1.68. The number of rotatable bonds is 3. The largest absolute Gasteiger partial charge is 0.350 e. The van der Waals surface area contributed by atoms with Gasteiger partial charge in [0.1, 0.15) is 6.04 Å². The summed E-state index contributed by atoms with van der Waals surface area (Å²) in [5.74, 6) is 0.320. The van der Waals surface area contributed by atoms with Crippen molar-refractivity contribution in [3.8, 4) is 0 Å². The van der Waals surface area contributed by atoms with Crippen molar-refractivity contribution in [3.63, 3.8) is 0 Å². The number of amides is 1. The van der Waals surface area contributed by atoms with Crippen molar-refractivity contribution in [2.45, 2.75) is 19.9 Å². The van der Waals surface area contributed by atoms with Gasteiger partial charge in [-0.1, -0.05) is 19.9 Å². The first kappa shape index (κ1) is 10.2. The van der Waals surface area contributed by atoms with Gasteiger partial charge < -0.3 is 5.32 Å². The number of thiocarbonyl (C=S) groups is 1. The standard InChI is InChI=1S/C9H14N2OS/c1-4-5-11-8(12)7(6(2)3)10-9(11)13/h4,6-7H,1,5H2,2-3H3,(H,10,13)/t7-/m1/s1. The lowest BCUT2D eigenvalue weighted by Crippen LogP contribution is -2.34. The van der Waals surface area contributed by atoms with Crippen LogP contribution in [0, 0.1) is 5.92 Å². The van der Waals surface area contributed by atoms with E-state index >= 15 is 0 Å². The summed E-state index contributed by atoms with van der Waals surface area (Å²) >= 11 is 5.03. The van der Waals surface area contributed by atoms with Crippen LogP contribution in [0.15, 0.2) is 12.7 Å². The lowest BCUT2D eigenvalue weighted by atomic mass is 10.1. The molecule has 0 unspecified atom stereocenters. The van der Waals surface area contributed by atoms with E-state index in [0.717, 1.165) is 0 Å². The van der Waals surface area contributed by atoms with E-state index in [2.05, 4.69) is 11.9 Å². The average molecular weight is 198 g/mol. The third-order valence-electron chi connectivity index (χ3n) is 2.03. The molecule has 1 heterocycles. The molecule has 1 aliphatic rings. The highest BCUT2D eigenvalue weighted by Gasteiger charge is 2.36. The van der Waals surface area contributed by atoms with E-state index in [4.69, 9.17) is 12.2 Å². The Morgan fingerprint density at radius 3 is 2.77 bits per heavy atom. The Morgan fingerprint density at radius 2 is 2.38 bits per heavy atom. The summed E-state index contributed by atoms with van der Waals surface area (Å²) in [4.78, 5) is 13.2. The topological polar surface area (TPSA) is 32.3 Å². The zero-order valence-electron chi connectivity index (χ0n) is 7.91. The van der Waals surface area contributed by atoms with Crippen LogP contribution in [0.25, 0.3) is 0 Å². The molecule has 1 aliphatic heterocycles. The van der Waals surface area contributed by atoms with E-state index in [1.54, 1.807) is 11.0 Å². The highest BCUT2D eigenvalue weighted by molar-refractivity contribution is 7.80. The van der Waals surface area contributed by atoms with Crippen LogP contribution in [-0.2, 0) is 4.79 Å². The van der Waals surface area contributed by atoms with Crippen LogP contribution in [0.5, 0.6) is 0 Å². The zero-order valence-corrected chi connectivity index (χ0v) is 8.73. The van der Waals surface area contributed by atoms with Crippen LogP contribution in [0.2, 0.25) is 0 Å². The molecular weight excluding hydrogens is 184 g/mol. The van der Waals surface area contributed by atoms with Crippen molar-refractivity contribution in [2.24, 2.45) is 5.92 Å². The van der Waals surface area contributed by atoms with E-state index in [1.807, 2.05) is 13.8 Å². The minimum atomic E-state index is -0.160. The lowest BCUT2D eigenvalue weighted by molar-refractivity contribution is -0.127. The van der Waals surface area contributed by atoms with Crippen molar-refractivity contribution in [3.05, 3.63) is 12.7 Å². The van der Waals surface area contributed by atoms with Gasteiger partial charge in [0.15, 0.2) is 5.11 Å². The maximum atomic E-state index is 11.7. The first-order valence-corrected chi connectivity index (χ1v) is 4.71. The summed E-state index contributed by atoms with van der Waals surface area (Å²) in [6.45, 7) is 8.07. The molecule has 0 aliphatic carbocycles. The SMILES string of the molecule is C=CCN1C(=O)[C@@H](C(C)C)NC1=S. The van der Waals surface area contributed by atoms with Gasteiger partial charge in [-0.2, -0.15) is 0 Å². The molecule has 0 radical (unpaired) electrons. The number of carbonyl (C=O) groups excluding carboxylic acids is 1. The third kappa shape index (κ3) is 1.88. The molecule has 0 saturated carbocycles. The Balaban J connectivity index is 2.75. The molecule has 3 nitrogen and oxygen atoms in total. The van der Waals surface area contributed by atoms with Gasteiger partial charge in [-0.3, -0.25) is 9.69 Å². The van der Waals surface area contributed by atoms with E-state index in [0.29, 0.717) is 11.7 Å². The molecule has 0 aromatic heterocycles. The van der Waals surface area contributed by atoms with E-state index in [1.165, 1.54) is 0 Å². The predicted octanol–water partition coefficient (Wildman–Crippen LogP) is 0.914. The molecule has 0 spiro atoms. The second-order valence-electron chi connectivity index (χ2n) is 3.41. The number of hydrogen-bond donors (Lipinski definition) is 1. The van der Waals surface area contributed by atoms with Crippen LogP contribution in [0.1, 0.15) is 13.8 Å². The molecule has 0 aromatic carbocycles. The van der Waals surface area contributed by atoms with Gasteiger partial charge in [-0.25, -0.2) is 0 Å². The fourth-order valence-corrected chi connectivity index (χ4v) is 1.59. The molecule has 1 saturated heterocycles. The summed E-state index contributed by atoms with van der Waals surface area (Å²) < 4.78 is 0. The molecule has 1 atom stereocenters. The quantitative estimate of drug-likeness (QED) is 0.540. The maximum absolute atomic E-state index is 11.7. The Bertz CT molecular complexity index is 250. The Labute approximate surface area is 83.8 Å². The van der Waals surface area contributed by atoms with E-state index < -0.39 is 0 Å². The molecule has 1 N–H and O–H groups in total. The molecule has 72 valence electrons. The van der Waals surface area contributed by atoms with Crippen molar-refractivity contribution in [1.82, 2.24) is 10.2 Å². The summed E-state index contributed by atoms with van der Waals surface area (Å²) in [7, 11) is 0. The monoisotopic (exact) mass is 198 g/mol. The Hall–Kier alpha value is -0.900. The molecule has 1 fully saturated rings. The van der Waals surface area contributed by atoms with Crippen molar-refractivity contribution >= 4 is 23.2 Å². The highest BCUT2D eigenvalue weighted by Crippen LogP contribution is 2.13. The highest BCUT2D eigenvalue weighted by atomic mass is 32.1. The van der Waals surface area contributed by atoms with Gasteiger partial charge in [0.05, 0.1) is 0 Å². The van der Waals surface area contributed by atoms with Crippen LogP contribution in [-0.4, -0.2) is 28.5 Å². The van der Waals surface area contributed by atoms with Gasteiger partial charge in [-0.05, 0) is 18.1 Å². The molecule has 4 heteroatoms. The normalized spacial score (nSPS) is 22.4. The van der Waals surface area contributed by atoms with Crippen molar-refractivity contribution in [2.75, 3.05) is 6.54 Å². The van der Waals surface area contributed by atoms with Gasteiger partial charge >= 0.3 is 0 Å². The Kier molecular flexibility index (Phi) is 3.03. The van der Waals surface area contributed by atoms with Crippen LogP contribution >= 0.6 is 12.2 Å². The summed E-state index contributed by atoms with van der Waals surface area (Å²) in [6, 6.07) is -0.160. The fraction of sp³-hybridized carbons (Fsp3) is 0.556. The second kappa shape index (κ2) is 3.87. The van der Waals surface area contributed by atoms with E-state index in [9.17, 15) is 4.79 Å². The number of carbonyl (C=O) groups is 1. The first-order valence-electron chi connectivity index (χ1n) is 4.30. The lowest BCUT2D eigenvalue weighted by Gasteiger charge is -2.13. The number of hydrogen-bond acceptors (Lipinski definition) is 2. The molecule has 0 bridgehead atoms. The van der Waals surface area contributed by atoms with Gasteiger partial charge in [0.25, 0.3) is 5.91 Å². The van der Waals surface area contributed by atoms with Gasteiger partial charge in [0, 0.05) is 6.54 Å². The van der Waals surface area contributed by atoms with Crippen LogP contribution in [0.3, 0.4) is 0 Å². The van der Waals surface area contributed by atoms with Crippen molar-refractivity contribution in [1.29, 1.82) is 0 Å². The maximum Gasteiger partial charge on any atom is 0.251 e. The van der Waals surface area contributed by atoms with E-state index in [-0.39, 0.29) is 17.9 Å². The average Bonchev–Trinajstić information content (AvgIpc) is 2.32. The van der Waals surface area contributed by atoms with Crippen LogP contribution < -0.4 is 5.32 Å². The predicted molar refractivity (Wildman–Crippen MR) is 56.3 cm³/mol. The fourth-order valence-electron chi connectivity index (χ4n) is 1.29. The molecule has 1 amide bonds. The number of nitrogens with one attached hydrogen (secondary N) is 1. The first-order chi connectivity index (χ1) is 6.07. The molecular formula is C9H14N2OS. The number of nitrogens with zero attached hydrogens (tertiary/aromatic N) is 1. The van der Waals surface area contributed by atoms with Crippen LogP contribution in [0.4, 0.5) is 0 Å². The van der Waals surface area contributed by atoms with Gasteiger partial charge in [-0.15, -0.1) is 6.58 Å². The zero-order chi connectivity index (χ0) is 10.0. The molecule has 13 heavy (non-hydrogen) atoms. The molecule has 0 aromatic rings. The minimum absolute atomic E-state index is 0.0555. The van der Waals surface area contributed by atoms with Gasteiger partial charge in [0.2, 0.25) is 0 Å². The van der Waals surface area contributed by atoms with Crippen molar-refractivity contribution < 1.29 is 4.79 Å². The molecule has 1 rings (SSSR count). The minimum Gasteiger partial charge on any atom is -0.350 e.